The maximum absolute atomic E-state index is 13.5. The zero-order valence-corrected chi connectivity index (χ0v) is 17.0. The molecule has 156 valence electrons. The van der Waals surface area contributed by atoms with Gasteiger partial charge in [0.2, 0.25) is 0 Å². The molecule has 1 heterocycles. The third kappa shape index (κ3) is 3.57. The van der Waals surface area contributed by atoms with Gasteiger partial charge >= 0.3 is 0 Å². The van der Waals surface area contributed by atoms with Gasteiger partial charge in [0.25, 0.3) is 11.7 Å². The molecule has 1 saturated heterocycles. The fourth-order valence-corrected chi connectivity index (χ4v) is 3.75. The van der Waals surface area contributed by atoms with Gasteiger partial charge in [-0.05, 0) is 37.3 Å². The summed E-state index contributed by atoms with van der Waals surface area (Å²) in [5, 5.41) is 11.1. The number of para-hydroxylation sites is 1. The minimum Gasteiger partial charge on any atom is -0.507 e. The number of Topliss-reactive ketones (excluding diaryl/α,β-unsaturated/α-hetero) is 1. The molecule has 0 aromatic heterocycles. The molecule has 3 aromatic rings. The van der Waals surface area contributed by atoms with Crippen LogP contribution in [-0.2, 0) is 9.59 Å². The number of halogens is 1. The molecule has 3 aromatic carbocycles. The van der Waals surface area contributed by atoms with Crippen molar-refractivity contribution in [3.05, 3.63) is 101 Å². The standard InChI is InChI=1S/C25H20FNO4/c1-15-7-9-16(10-8-15)23(28)21-22(19-5-3-4-6-20(19)31-2)27(25(30)24(21)29)18-13-11-17(26)12-14-18/h3-14,22,28H,1-2H3. The Bertz CT molecular complexity index is 1180. The van der Waals surface area contributed by atoms with E-state index in [1.54, 1.807) is 36.4 Å². The van der Waals surface area contributed by atoms with E-state index in [2.05, 4.69) is 0 Å². The number of carbonyl (C=O) groups is 2. The van der Waals surface area contributed by atoms with E-state index in [4.69, 9.17) is 4.74 Å². The first kappa shape index (κ1) is 20.3. The summed E-state index contributed by atoms with van der Waals surface area (Å²) >= 11 is 0. The van der Waals surface area contributed by atoms with Crippen molar-refractivity contribution in [3.8, 4) is 5.75 Å². The van der Waals surface area contributed by atoms with Crippen molar-refractivity contribution in [1.29, 1.82) is 0 Å². The summed E-state index contributed by atoms with van der Waals surface area (Å²) in [6.45, 7) is 1.91. The van der Waals surface area contributed by atoms with Crippen LogP contribution in [0, 0.1) is 12.7 Å². The van der Waals surface area contributed by atoms with Crippen LogP contribution in [0.15, 0.2) is 78.4 Å². The normalized spacial score (nSPS) is 17.8. The highest BCUT2D eigenvalue weighted by atomic mass is 19.1. The molecular formula is C25H20FNO4. The maximum Gasteiger partial charge on any atom is 0.300 e. The molecule has 0 spiro atoms. The largest absolute Gasteiger partial charge is 0.507 e. The smallest absolute Gasteiger partial charge is 0.300 e. The van der Waals surface area contributed by atoms with Gasteiger partial charge in [-0.2, -0.15) is 0 Å². The van der Waals surface area contributed by atoms with Crippen molar-refractivity contribution < 1.29 is 23.8 Å². The van der Waals surface area contributed by atoms with Gasteiger partial charge in [0, 0.05) is 16.8 Å². The molecule has 1 amide bonds. The summed E-state index contributed by atoms with van der Waals surface area (Å²) in [5.74, 6) is -1.92. The molecule has 1 N–H and O–H groups in total. The van der Waals surface area contributed by atoms with Gasteiger partial charge in [0.1, 0.15) is 17.3 Å². The average Bonchev–Trinajstić information content (AvgIpc) is 3.05. The summed E-state index contributed by atoms with van der Waals surface area (Å²) in [7, 11) is 1.49. The predicted octanol–water partition coefficient (Wildman–Crippen LogP) is 4.77. The maximum atomic E-state index is 13.5. The number of benzene rings is 3. The van der Waals surface area contributed by atoms with E-state index in [1.165, 1.54) is 36.3 Å². The first-order valence-electron chi connectivity index (χ1n) is 9.69. The van der Waals surface area contributed by atoms with E-state index in [-0.39, 0.29) is 11.3 Å². The lowest BCUT2D eigenvalue weighted by Crippen LogP contribution is -2.29. The zero-order valence-electron chi connectivity index (χ0n) is 17.0. The summed E-state index contributed by atoms with van der Waals surface area (Å²) in [5.41, 5.74) is 2.22. The highest BCUT2D eigenvalue weighted by Crippen LogP contribution is 2.44. The van der Waals surface area contributed by atoms with Gasteiger partial charge in [-0.1, -0.05) is 48.0 Å². The molecule has 1 aliphatic heterocycles. The summed E-state index contributed by atoms with van der Waals surface area (Å²) in [4.78, 5) is 27.4. The second kappa shape index (κ2) is 8.07. The number of methoxy groups -OCH3 is 1. The van der Waals surface area contributed by atoms with Crippen LogP contribution in [0.3, 0.4) is 0 Å². The molecule has 0 bridgehead atoms. The van der Waals surface area contributed by atoms with E-state index in [0.717, 1.165) is 5.56 Å². The molecule has 1 fully saturated rings. The Morgan fingerprint density at radius 3 is 2.26 bits per heavy atom. The molecule has 5 nitrogen and oxygen atoms in total. The monoisotopic (exact) mass is 417 g/mol. The van der Waals surface area contributed by atoms with Crippen LogP contribution in [0.4, 0.5) is 10.1 Å². The lowest BCUT2D eigenvalue weighted by Gasteiger charge is -2.26. The summed E-state index contributed by atoms with van der Waals surface area (Å²) in [6, 6.07) is 18.3. The second-order valence-electron chi connectivity index (χ2n) is 7.25. The number of aryl methyl sites for hydroxylation is 1. The third-order valence-electron chi connectivity index (χ3n) is 5.31. The first-order valence-corrected chi connectivity index (χ1v) is 9.69. The van der Waals surface area contributed by atoms with Crippen molar-refractivity contribution >= 4 is 23.1 Å². The van der Waals surface area contributed by atoms with Crippen molar-refractivity contribution in [2.75, 3.05) is 12.0 Å². The van der Waals surface area contributed by atoms with E-state index >= 15 is 0 Å². The number of aliphatic hydroxyl groups excluding tert-OH is 1. The lowest BCUT2D eigenvalue weighted by atomic mass is 9.94. The second-order valence-corrected chi connectivity index (χ2v) is 7.25. The number of nitrogens with zero attached hydrogens (tertiary/aromatic N) is 1. The minimum absolute atomic E-state index is 0.0531. The molecule has 0 radical (unpaired) electrons. The number of anilines is 1. The van der Waals surface area contributed by atoms with Gasteiger partial charge in [-0.25, -0.2) is 4.39 Å². The minimum atomic E-state index is -0.942. The predicted molar refractivity (Wildman–Crippen MR) is 115 cm³/mol. The lowest BCUT2D eigenvalue weighted by molar-refractivity contribution is -0.132. The van der Waals surface area contributed by atoms with E-state index in [1.807, 2.05) is 19.1 Å². The number of hydrogen-bond donors (Lipinski definition) is 1. The highest BCUT2D eigenvalue weighted by Gasteiger charge is 2.47. The molecule has 31 heavy (non-hydrogen) atoms. The molecule has 1 aliphatic rings. The average molecular weight is 417 g/mol. The molecular weight excluding hydrogens is 397 g/mol. The molecule has 0 aliphatic carbocycles. The molecule has 4 rings (SSSR count). The Balaban J connectivity index is 1.97. The number of amides is 1. The number of ether oxygens (including phenoxy) is 1. The van der Waals surface area contributed by atoms with Crippen LogP contribution in [0.2, 0.25) is 0 Å². The molecule has 1 atom stereocenters. The van der Waals surface area contributed by atoms with Crippen molar-refractivity contribution in [1.82, 2.24) is 0 Å². The Kier molecular flexibility index (Phi) is 5.29. The Morgan fingerprint density at radius 2 is 1.61 bits per heavy atom. The van der Waals surface area contributed by atoms with Crippen molar-refractivity contribution in [3.63, 3.8) is 0 Å². The Labute approximate surface area is 179 Å². The highest BCUT2D eigenvalue weighted by molar-refractivity contribution is 6.51. The molecule has 1 unspecified atom stereocenters. The van der Waals surface area contributed by atoms with Gasteiger partial charge in [-0.3, -0.25) is 14.5 Å². The number of ketones is 1. The van der Waals surface area contributed by atoms with Gasteiger partial charge in [0.15, 0.2) is 0 Å². The fourth-order valence-electron chi connectivity index (χ4n) is 3.75. The van der Waals surface area contributed by atoms with E-state index in [9.17, 15) is 19.1 Å². The van der Waals surface area contributed by atoms with Crippen LogP contribution >= 0.6 is 0 Å². The van der Waals surface area contributed by atoms with Crippen LogP contribution in [0.25, 0.3) is 5.76 Å². The quantitative estimate of drug-likeness (QED) is 0.377. The number of aliphatic hydroxyl groups is 1. The van der Waals surface area contributed by atoms with Gasteiger partial charge in [-0.15, -0.1) is 0 Å². The zero-order chi connectivity index (χ0) is 22.1. The first-order chi connectivity index (χ1) is 14.9. The molecule has 6 heteroatoms. The van der Waals surface area contributed by atoms with Crippen LogP contribution in [0.1, 0.15) is 22.7 Å². The third-order valence-corrected chi connectivity index (χ3v) is 5.31. The number of rotatable bonds is 4. The number of hydrogen-bond acceptors (Lipinski definition) is 4. The fraction of sp³-hybridized carbons (Fsp3) is 0.120. The van der Waals surface area contributed by atoms with Crippen molar-refractivity contribution in [2.45, 2.75) is 13.0 Å². The number of carbonyl (C=O) groups excluding carboxylic acids is 2. The SMILES string of the molecule is COc1ccccc1C1C(=C(O)c2ccc(C)cc2)C(=O)C(=O)N1c1ccc(F)cc1. The van der Waals surface area contributed by atoms with Crippen LogP contribution in [0.5, 0.6) is 5.75 Å². The molecule has 0 saturated carbocycles. The summed E-state index contributed by atoms with van der Waals surface area (Å²) in [6.07, 6.45) is 0. The van der Waals surface area contributed by atoms with Gasteiger partial charge < -0.3 is 9.84 Å². The van der Waals surface area contributed by atoms with Gasteiger partial charge in [0.05, 0.1) is 18.7 Å². The van der Waals surface area contributed by atoms with E-state index < -0.39 is 23.5 Å². The van der Waals surface area contributed by atoms with E-state index in [0.29, 0.717) is 22.6 Å². The Hall–Kier alpha value is -3.93. The van der Waals surface area contributed by atoms with Crippen LogP contribution in [-0.4, -0.2) is 23.9 Å². The Morgan fingerprint density at radius 1 is 0.968 bits per heavy atom. The summed E-state index contributed by atoms with van der Waals surface area (Å²) < 4.78 is 19.0. The van der Waals surface area contributed by atoms with Crippen LogP contribution < -0.4 is 9.64 Å². The topological polar surface area (TPSA) is 66.8 Å². The van der Waals surface area contributed by atoms with Crippen molar-refractivity contribution in [2.24, 2.45) is 0 Å².